The minimum atomic E-state index is -0.312. The summed E-state index contributed by atoms with van der Waals surface area (Å²) in [7, 11) is 0. The highest BCUT2D eigenvalue weighted by Gasteiger charge is 2.51. The van der Waals surface area contributed by atoms with Gasteiger partial charge in [0.15, 0.2) is 0 Å². The summed E-state index contributed by atoms with van der Waals surface area (Å²) in [5, 5.41) is 1.43. The lowest BCUT2D eigenvalue weighted by Crippen LogP contribution is -2.25. The maximum Gasteiger partial charge on any atom is 0.0725 e. The fourth-order valence-corrected chi connectivity index (χ4v) is 10.7. The molecule has 0 atom stereocenters. The van der Waals surface area contributed by atoms with Crippen LogP contribution in [0.15, 0.2) is 170 Å². The third-order valence-corrected chi connectivity index (χ3v) is 12.9. The number of aryl methyl sites for hydroxylation is 1. The molecule has 0 N–H and O–H groups in total. The van der Waals surface area contributed by atoms with Gasteiger partial charge in [0, 0.05) is 9.58 Å². The zero-order valence-electron chi connectivity index (χ0n) is 28.2. The third-order valence-electron chi connectivity index (χ3n) is 11.6. The molecule has 11 rings (SSSR count). The number of hydrogen-bond donors (Lipinski definition) is 0. The van der Waals surface area contributed by atoms with Crippen LogP contribution in [0.3, 0.4) is 0 Å². The van der Waals surface area contributed by atoms with Crippen molar-refractivity contribution in [1.82, 2.24) is 0 Å². The number of hydrogen-bond acceptors (Lipinski definition) is 1. The molecule has 1 heterocycles. The molecule has 7 aromatic carbocycles. The molecule has 0 saturated heterocycles. The van der Waals surface area contributed by atoms with Gasteiger partial charge in [0.05, 0.1) is 5.41 Å². The zero-order chi connectivity index (χ0) is 33.5. The van der Waals surface area contributed by atoms with E-state index in [1.54, 1.807) is 0 Å². The van der Waals surface area contributed by atoms with Crippen LogP contribution in [-0.4, -0.2) is 0 Å². The Bertz CT molecular complexity index is 2640. The SMILES string of the molecule is C1=C(c2ccc(Cc3ccc(-c4ccc5c(c4)C4(c6ccccc6-c6ccccc64)c4ccccc4-5)cc3)cc2)c2sc3ccccc3c2CC1. The van der Waals surface area contributed by atoms with Crippen molar-refractivity contribution in [1.29, 1.82) is 0 Å². The van der Waals surface area contributed by atoms with Gasteiger partial charge in [0.25, 0.3) is 0 Å². The van der Waals surface area contributed by atoms with Gasteiger partial charge in [0.1, 0.15) is 0 Å². The Morgan fingerprint density at radius 2 is 1.00 bits per heavy atom. The molecule has 0 amide bonds. The van der Waals surface area contributed by atoms with E-state index in [-0.39, 0.29) is 5.41 Å². The maximum absolute atomic E-state index is 2.48. The number of rotatable bonds is 4. The predicted octanol–water partition coefficient (Wildman–Crippen LogP) is 12.9. The summed E-state index contributed by atoms with van der Waals surface area (Å²) in [6, 6.07) is 61.7. The summed E-state index contributed by atoms with van der Waals surface area (Å²) in [4.78, 5) is 1.45. The van der Waals surface area contributed by atoms with Gasteiger partial charge in [-0.25, -0.2) is 0 Å². The van der Waals surface area contributed by atoms with Crippen molar-refractivity contribution in [2.75, 3.05) is 0 Å². The van der Waals surface area contributed by atoms with E-state index in [1.165, 1.54) is 98.4 Å². The maximum atomic E-state index is 2.48. The van der Waals surface area contributed by atoms with Crippen LogP contribution in [0.2, 0.25) is 0 Å². The first kappa shape index (κ1) is 29.0. The van der Waals surface area contributed by atoms with Gasteiger partial charge in [0.2, 0.25) is 0 Å². The van der Waals surface area contributed by atoms with Crippen LogP contribution < -0.4 is 0 Å². The molecule has 51 heavy (non-hydrogen) atoms. The third kappa shape index (κ3) is 4.19. The Labute approximate surface area is 303 Å². The van der Waals surface area contributed by atoms with Crippen LogP contribution in [-0.2, 0) is 18.3 Å². The molecule has 8 aromatic rings. The van der Waals surface area contributed by atoms with Gasteiger partial charge in [-0.05, 0) is 120 Å². The molecular formula is C50H34S. The first-order valence-electron chi connectivity index (χ1n) is 18.1. The van der Waals surface area contributed by atoms with E-state index in [0.29, 0.717) is 0 Å². The summed E-state index contributed by atoms with van der Waals surface area (Å²) < 4.78 is 1.40. The second-order valence-corrected chi connectivity index (χ2v) is 15.3. The van der Waals surface area contributed by atoms with Gasteiger partial charge in [-0.1, -0.05) is 158 Å². The molecule has 0 nitrogen and oxygen atoms in total. The van der Waals surface area contributed by atoms with E-state index in [9.17, 15) is 0 Å². The standard InChI is InChI=1S/C50H34S/c1-5-16-44-38(10-1)39-11-2-6-17-45(39)50(44)46-18-7-3-12-40(46)41-29-28-36(31-47(41)50)34-24-20-32(21-25-34)30-33-22-26-35(27-23-33)37-14-9-15-43-42-13-4-8-19-48(42)51-49(37)43/h1-8,10-14,16-29,31H,9,15,30H2. The van der Waals surface area contributed by atoms with E-state index in [0.717, 1.165) is 19.3 Å². The van der Waals surface area contributed by atoms with Crippen molar-refractivity contribution in [2.24, 2.45) is 0 Å². The van der Waals surface area contributed by atoms with Crippen molar-refractivity contribution < 1.29 is 0 Å². The molecule has 1 spiro atoms. The van der Waals surface area contributed by atoms with Crippen molar-refractivity contribution in [3.8, 4) is 33.4 Å². The second-order valence-electron chi connectivity index (χ2n) is 14.3. The smallest absolute Gasteiger partial charge is 0.0725 e. The first-order chi connectivity index (χ1) is 25.3. The van der Waals surface area contributed by atoms with Crippen molar-refractivity contribution in [3.05, 3.63) is 219 Å². The molecular weight excluding hydrogens is 633 g/mol. The average molecular weight is 667 g/mol. The Morgan fingerprint density at radius 3 is 1.65 bits per heavy atom. The van der Waals surface area contributed by atoms with Gasteiger partial charge < -0.3 is 0 Å². The topological polar surface area (TPSA) is 0 Å². The van der Waals surface area contributed by atoms with Crippen molar-refractivity contribution in [2.45, 2.75) is 24.7 Å². The summed E-state index contributed by atoms with van der Waals surface area (Å²) in [6.07, 6.45) is 5.60. The lowest BCUT2D eigenvalue weighted by Gasteiger charge is -2.30. The highest BCUT2D eigenvalue weighted by Crippen LogP contribution is 2.63. The largest absolute Gasteiger partial charge is 0.135 e. The Morgan fingerprint density at radius 1 is 0.471 bits per heavy atom. The molecule has 1 aromatic heterocycles. The summed E-state index contributed by atoms with van der Waals surface area (Å²) in [5.74, 6) is 0. The zero-order valence-corrected chi connectivity index (χ0v) is 29.0. The molecule has 0 radical (unpaired) electrons. The minimum Gasteiger partial charge on any atom is -0.135 e. The molecule has 240 valence electrons. The molecule has 0 aliphatic heterocycles. The Hall–Kier alpha value is -5.76. The number of fused-ring (bicyclic) bond motifs is 13. The van der Waals surface area contributed by atoms with E-state index in [2.05, 4.69) is 170 Å². The molecule has 0 fully saturated rings. The van der Waals surface area contributed by atoms with Crippen LogP contribution in [0.1, 0.15) is 55.8 Å². The van der Waals surface area contributed by atoms with Gasteiger partial charge in [-0.2, -0.15) is 0 Å². The lowest BCUT2D eigenvalue weighted by atomic mass is 9.70. The molecule has 3 aliphatic rings. The van der Waals surface area contributed by atoms with E-state index < -0.39 is 0 Å². The summed E-state index contributed by atoms with van der Waals surface area (Å²) in [5.41, 5.74) is 20.1. The molecule has 0 saturated carbocycles. The fourth-order valence-electron chi connectivity index (χ4n) is 9.39. The summed E-state index contributed by atoms with van der Waals surface area (Å²) >= 11 is 1.94. The van der Waals surface area contributed by atoms with Crippen molar-refractivity contribution >= 4 is 27.0 Å². The lowest BCUT2D eigenvalue weighted by molar-refractivity contribution is 0.794. The van der Waals surface area contributed by atoms with Crippen LogP contribution in [0.4, 0.5) is 0 Å². The fraction of sp³-hybridized carbons (Fsp3) is 0.0800. The highest BCUT2D eigenvalue weighted by molar-refractivity contribution is 7.20. The molecule has 0 unspecified atom stereocenters. The molecule has 0 bridgehead atoms. The first-order valence-corrected chi connectivity index (χ1v) is 18.9. The van der Waals surface area contributed by atoms with Crippen LogP contribution >= 0.6 is 11.3 Å². The number of thiophene rings is 1. The van der Waals surface area contributed by atoms with Gasteiger partial charge in [-0.3, -0.25) is 0 Å². The predicted molar refractivity (Wildman–Crippen MR) is 215 cm³/mol. The van der Waals surface area contributed by atoms with Crippen LogP contribution in [0, 0.1) is 0 Å². The molecule has 3 aliphatic carbocycles. The number of benzene rings is 7. The molecule has 1 heteroatoms. The van der Waals surface area contributed by atoms with Gasteiger partial charge >= 0.3 is 0 Å². The van der Waals surface area contributed by atoms with Crippen LogP contribution in [0.25, 0.3) is 49.0 Å². The second kappa shape index (κ2) is 11.1. The quantitative estimate of drug-likeness (QED) is 0.175. The number of allylic oxidation sites excluding steroid dienone is 1. The summed E-state index contributed by atoms with van der Waals surface area (Å²) in [6.45, 7) is 0. The van der Waals surface area contributed by atoms with E-state index in [1.807, 2.05) is 11.3 Å². The van der Waals surface area contributed by atoms with E-state index in [4.69, 9.17) is 0 Å². The van der Waals surface area contributed by atoms with E-state index >= 15 is 0 Å². The highest BCUT2D eigenvalue weighted by atomic mass is 32.1. The van der Waals surface area contributed by atoms with Gasteiger partial charge in [-0.15, -0.1) is 11.3 Å². The minimum absolute atomic E-state index is 0.312. The Balaban J connectivity index is 0.913. The monoisotopic (exact) mass is 666 g/mol. The van der Waals surface area contributed by atoms with Crippen molar-refractivity contribution in [3.63, 3.8) is 0 Å². The van der Waals surface area contributed by atoms with Crippen LogP contribution in [0.5, 0.6) is 0 Å². The normalized spacial score (nSPS) is 14.5. The Kier molecular flexibility index (Phi) is 6.33. The average Bonchev–Trinajstić information content (AvgIpc) is 3.83.